The first-order valence-electron chi connectivity index (χ1n) is 16.8. The van der Waals surface area contributed by atoms with E-state index in [2.05, 4.69) is 33.2 Å². The van der Waals surface area contributed by atoms with Gasteiger partial charge in [-0.05, 0) is 112 Å². The number of carbonyl (C=O) groups is 3. The van der Waals surface area contributed by atoms with Crippen molar-refractivity contribution in [1.29, 1.82) is 0 Å². The average Bonchev–Trinajstić information content (AvgIpc) is 3.09. The molecule has 0 saturated heterocycles. The van der Waals surface area contributed by atoms with Crippen molar-refractivity contribution in [2.75, 3.05) is 26.4 Å². The van der Waals surface area contributed by atoms with Crippen molar-refractivity contribution in [3.05, 3.63) is 103 Å². The van der Waals surface area contributed by atoms with E-state index in [4.69, 9.17) is 18.9 Å². The Bertz CT molecular complexity index is 1290. The highest BCUT2D eigenvalue weighted by molar-refractivity contribution is 5.98. The molecule has 0 saturated carbocycles. The Morgan fingerprint density at radius 2 is 0.851 bits per heavy atom. The standard InChI is InChI=1S/C40H52O7/c1-6-10-14-18-22-45-38(41)35-26-32(31(5)44-21-17-13-9-4)25-33(27-35)34-28-36(39(42)46-23-19-15-11-7-2)30-37(29-34)40(43)47-24-20-16-12-8-3/h6-8,25-30H,1-3,5,9-24H2,4H3. The van der Waals surface area contributed by atoms with Gasteiger partial charge in [0, 0.05) is 5.56 Å². The highest BCUT2D eigenvalue weighted by Crippen LogP contribution is 2.29. The summed E-state index contributed by atoms with van der Waals surface area (Å²) in [5.41, 5.74) is 2.43. The van der Waals surface area contributed by atoms with E-state index < -0.39 is 17.9 Å². The lowest BCUT2D eigenvalue weighted by Gasteiger charge is -2.15. The highest BCUT2D eigenvalue weighted by atomic mass is 16.5. The summed E-state index contributed by atoms with van der Waals surface area (Å²) in [4.78, 5) is 39.5. The van der Waals surface area contributed by atoms with Crippen LogP contribution < -0.4 is 0 Å². The summed E-state index contributed by atoms with van der Waals surface area (Å²) in [6.07, 6.45) is 15.6. The molecule has 0 unspecified atom stereocenters. The highest BCUT2D eigenvalue weighted by Gasteiger charge is 2.19. The predicted octanol–water partition coefficient (Wildman–Crippen LogP) is 10.1. The SMILES string of the molecule is C=CCCCCOC(=O)c1cc(C(=C)OCCCCC)cc(-c2cc(C(=O)OCCCCC=C)cc(C(=O)OCCCCC=C)c2)c1. The summed E-state index contributed by atoms with van der Waals surface area (Å²) in [6.45, 7) is 18.7. The van der Waals surface area contributed by atoms with Crippen LogP contribution in [0.2, 0.25) is 0 Å². The van der Waals surface area contributed by atoms with Crippen molar-refractivity contribution in [1.82, 2.24) is 0 Å². The molecule has 254 valence electrons. The first-order chi connectivity index (χ1) is 22.8. The van der Waals surface area contributed by atoms with E-state index >= 15 is 0 Å². The van der Waals surface area contributed by atoms with Crippen molar-refractivity contribution in [3.63, 3.8) is 0 Å². The number of esters is 3. The number of hydrogen-bond acceptors (Lipinski definition) is 7. The Labute approximate surface area is 281 Å². The third kappa shape index (κ3) is 14.7. The van der Waals surface area contributed by atoms with Gasteiger partial charge in [-0.25, -0.2) is 14.4 Å². The van der Waals surface area contributed by atoms with Gasteiger partial charge in [0.15, 0.2) is 0 Å². The molecule has 0 atom stereocenters. The predicted molar refractivity (Wildman–Crippen MR) is 189 cm³/mol. The van der Waals surface area contributed by atoms with Gasteiger partial charge in [-0.2, -0.15) is 0 Å². The lowest BCUT2D eigenvalue weighted by Crippen LogP contribution is -2.11. The number of allylic oxidation sites excluding steroid dienone is 3. The lowest BCUT2D eigenvalue weighted by atomic mass is 9.95. The Kier molecular flexibility index (Phi) is 19.0. The molecule has 0 heterocycles. The van der Waals surface area contributed by atoms with Crippen molar-refractivity contribution in [3.8, 4) is 11.1 Å². The smallest absolute Gasteiger partial charge is 0.338 e. The van der Waals surface area contributed by atoms with E-state index in [-0.39, 0.29) is 30.9 Å². The molecule has 0 fully saturated rings. The number of ether oxygens (including phenoxy) is 4. The second-order valence-electron chi connectivity index (χ2n) is 11.3. The molecule has 2 aromatic rings. The molecule has 0 aromatic heterocycles. The van der Waals surface area contributed by atoms with Crippen molar-refractivity contribution in [2.24, 2.45) is 0 Å². The van der Waals surface area contributed by atoms with Gasteiger partial charge in [-0.3, -0.25) is 0 Å². The molecule has 7 nitrogen and oxygen atoms in total. The summed E-state index contributed by atoms with van der Waals surface area (Å²) < 4.78 is 22.6. The molecular formula is C40H52O7. The maximum Gasteiger partial charge on any atom is 0.338 e. The van der Waals surface area contributed by atoms with Gasteiger partial charge in [-0.1, -0.05) is 44.6 Å². The van der Waals surface area contributed by atoms with E-state index in [1.54, 1.807) is 24.3 Å². The number of hydrogen-bond donors (Lipinski definition) is 0. The Balaban J connectivity index is 2.48. The average molecular weight is 645 g/mol. The third-order valence-corrected chi connectivity index (χ3v) is 7.36. The van der Waals surface area contributed by atoms with Gasteiger partial charge in [0.25, 0.3) is 0 Å². The zero-order chi connectivity index (χ0) is 34.3. The molecule has 47 heavy (non-hydrogen) atoms. The molecule has 0 aliphatic heterocycles. The van der Waals surface area contributed by atoms with Crippen molar-refractivity contribution in [2.45, 2.75) is 84.0 Å². The molecule has 0 aliphatic rings. The number of carbonyl (C=O) groups excluding carboxylic acids is 3. The van der Waals surface area contributed by atoms with E-state index in [0.717, 1.165) is 57.8 Å². The molecule has 0 aliphatic carbocycles. The second-order valence-corrected chi connectivity index (χ2v) is 11.3. The topological polar surface area (TPSA) is 88.1 Å². The van der Waals surface area contributed by atoms with Crippen LogP contribution in [0.1, 0.15) is 121 Å². The van der Waals surface area contributed by atoms with E-state index in [0.29, 0.717) is 53.9 Å². The van der Waals surface area contributed by atoms with Crippen LogP contribution in [0, 0.1) is 0 Å². The van der Waals surface area contributed by atoms with Crippen LogP contribution in [-0.2, 0) is 18.9 Å². The van der Waals surface area contributed by atoms with E-state index in [9.17, 15) is 14.4 Å². The fourth-order valence-corrected chi connectivity index (χ4v) is 4.65. The van der Waals surface area contributed by atoms with Gasteiger partial charge < -0.3 is 18.9 Å². The monoisotopic (exact) mass is 644 g/mol. The molecule has 7 heteroatoms. The molecule has 0 bridgehead atoms. The Morgan fingerprint density at radius 1 is 0.511 bits per heavy atom. The molecule has 2 rings (SSSR count). The minimum atomic E-state index is -0.551. The normalized spacial score (nSPS) is 10.5. The maximum atomic E-state index is 13.2. The Hall–Kier alpha value is -4.39. The Morgan fingerprint density at radius 3 is 1.23 bits per heavy atom. The van der Waals surface area contributed by atoms with Gasteiger partial charge in [-0.15, -0.1) is 19.7 Å². The zero-order valence-corrected chi connectivity index (χ0v) is 28.2. The minimum Gasteiger partial charge on any atom is -0.494 e. The summed E-state index contributed by atoms with van der Waals surface area (Å²) >= 11 is 0. The first-order valence-corrected chi connectivity index (χ1v) is 16.8. The van der Waals surface area contributed by atoms with Crippen LogP contribution in [0.25, 0.3) is 16.9 Å². The lowest BCUT2D eigenvalue weighted by molar-refractivity contribution is 0.0484. The molecule has 0 radical (unpaired) electrons. The summed E-state index contributed by atoms with van der Waals surface area (Å²) in [7, 11) is 0. The second kappa shape index (κ2) is 23.0. The zero-order valence-electron chi connectivity index (χ0n) is 28.2. The van der Waals surface area contributed by atoms with Crippen LogP contribution >= 0.6 is 0 Å². The van der Waals surface area contributed by atoms with Gasteiger partial charge in [0.05, 0.1) is 43.1 Å². The third-order valence-electron chi connectivity index (χ3n) is 7.36. The minimum absolute atomic E-state index is 0.205. The van der Waals surface area contributed by atoms with Gasteiger partial charge in [0.2, 0.25) is 0 Å². The van der Waals surface area contributed by atoms with Crippen molar-refractivity contribution >= 4 is 23.7 Å². The molecule has 0 amide bonds. The first kappa shape index (κ1) is 38.8. The molecule has 0 spiro atoms. The quantitative estimate of drug-likeness (QED) is 0.0349. The molecule has 0 N–H and O–H groups in total. The van der Waals surface area contributed by atoms with Crippen molar-refractivity contribution < 1.29 is 33.3 Å². The largest absolute Gasteiger partial charge is 0.494 e. The van der Waals surface area contributed by atoms with Gasteiger partial charge >= 0.3 is 17.9 Å². The summed E-state index contributed by atoms with van der Waals surface area (Å²) in [5.74, 6) is -1.18. The fraction of sp³-hybridized carbons (Fsp3) is 0.425. The van der Waals surface area contributed by atoms with Gasteiger partial charge in [0.1, 0.15) is 5.76 Å². The maximum absolute atomic E-state index is 13.2. The van der Waals surface area contributed by atoms with E-state index in [1.165, 1.54) is 6.07 Å². The fourth-order valence-electron chi connectivity index (χ4n) is 4.65. The summed E-state index contributed by atoms with van der Waals surface area (Å²) in [5, 5.41) is 0. The van der Waals surface area contributed by atoms with Crippen LogP contribution in [0.5, 0.6) is 0 Å². The van der Waals surface area contributed by atoms with Crippen LogP contribution in [-0.4, -0.2) is 44.3 Å². The molecular weight excluding hydrogens is 592 g/mol. The van der Waals surface area contributed by atoms with E-state index in [1.807, 2.05) is 24.3 Å². The van der Waals surface area contributed by atoms with Crippen LogP contribution in [0.3, 0.4) is 0 Å². The molecule has 2 aromatic carbocycles. The van der Waals surface area contributed by atoms with Crippen LogP contribution in [0.4, 0.5) is 0 Å². The number of benzene rings is 2. The number of unbranched alkanes of at least 4 members (excludes halogenated alkanes) is 8. The van der Waals surface area contributed by atoms with Crippen LogP contribution in [0.15, 0.2) is 80.9 Å². The summed E-state index contributed by atoms with van der Waals surface area (Å²) in [6, 6.07) is 10.00. The number of rotatable bonds is 25.